The third-order valence-corrected chi connectivity index (χ3v) is 4.74. The van der Waals surface area contributed by atoms with Crippen molar-refractivity contribution in [2.45, 2.75) is 13.8 Å². The molecular weight excluding hydrogens is 346 g/mol. The molecule has 1 heterocycles. The Kier molecular flexibility index (Phi) is 4.81. The van der Waals surface area contributed by atoms with E-state index in [0.29, 0.717) is 17.8 Å². The fourth-order valence-electron chi connectivity index (χ4n) is 3.18. The van der Waals surface area contributed by atoms with Crippen molar-refractivity contribution in [1.29, 1.82) is 0 Å². The van der Waals surface area contributed by atoms with Gasteiger partial charge in [-0.25, -0.2) is 0 Å². The van der Waals surface area contributed by atoms with Crippen molar-refractivity contribution in [3.8, 4) is 11.3 Å². The van der Waals surface area contributed by atoms with Crippen LogP contribution in [0.1, 0.15) is 21.7 Å². The molecule has 3 heteroatoms. The maximum atomic E-state index is 10.9. The molecule has 0 unspecified atom stereocenters. The molecule has 0 radical (unpaired) electrons. The Morgan fingerprint density at radius 3 is 1.54 bits per heavy atom. The van der Waals surface area contributed by atoms with Crippen molar-refractivity contribution in [3.63, 3.8) is 0 Å². The van der Waals surface area contributed by atoms with E-state index in [1.54, 1.807) is 6.07 Å². The van der Waals surface area contributed by atoms with Gasteiger partial charge in [-0.3, -0.25) is 4.79 Å². The molecule has 0 fully saturated rings. The first-order chi connectivity index (χ1) is 13.6. The number of carbonyl (C=O) groups is 1. The van der Waals surface area contributed by atoms with Crippen LogP contribution in [0.4, 0.5) is 17.1 Å². The van der Waals surface area contributed by atoms with Gasteiger partial charge in [0.15, 0.2) is 12.0 Å². The first kappa shape index (κ1) is 17.8. The fourth-order valence-corrected chi connectivity index (χ4v) is 3.18. The van der Waals surface area contributed by atoms with Gasteiger partial charge in [0, 0.05) is 22.6 Å². The lowest BCUT2D eigenvalue weighted by Crippen LogP contribution is -2.09. The molecule has 0 atom stereocenters. The lowest BCUT2D eigenvalue weighted by molar-refractivity contribution is 0.110. The van der Waals surface area contributed by atoms with Crippen LogP contribution in [-0.4, -0.2) is 6.29 Å². The van der Waals surface area contributed by atoms with Crippen LogP contribution in [0.25, 0.3) is 11.3 Å². The number of aldehydes is 1. The summed E-state index contributed by atoms with van der Waals surface area (Å²) in [5.74, 6) is 1.02. The van der Waals surface area contributed by atoms with E-state index in [2.05, 4.69) is 79.4 Å². The van der Waals surface area contributed by atoms with Crippen LogP contribution in [0.3, 0.4) is 0 Å². The lowest BCUT2D eigenvalue weighted by Gasteiger charge is -2.26. The maximum absolute atomic E-state index is 10.9. The number of hydrogen-bond acceptors (Lipinski definition) is 3. The molecule has 0 spiro atoms. The van der Waals surface area contributed by atoms with E-state index < -0.39 is 0 Å². The van der Waals surface area contributed by atoms with Gasteiger partial charge in [-0.1, -0.05) is 35.4 Å². The maximum Gasteiger partial charge on any atom is 0.185 e. The van der Waals surface area contributed by atoms with Gasteiger partial charge >= 0.3 is 0 Å². The Morgan fingerprint density at radius 1 is 0.643 bits per heavy atom. The first-order valence-electron chi connectivity index (χ1n) is 9.23. The third-order valence-electron chi connectivity index (χ3n) is 4.74. The Morgan fingerprint density at radius 2 is 1.11 bits per heavy atom. The van der Waals surface area contributed by atoms with E-state index in [0.717, 1.165) is 22.6 Å². The average Bonchev–Trinajstić information content (AvgIpc) is 3.21. The minimum Gasteiger partial charge on any atom is -0.453 e. The van der Waals surface area contributed by atoms with E-state index >= 15 is 0 Å². The minimum absolute atomic E-state index is 0.333. The van der Waals surface area contributed by atoms with Crippen molar-refractivity contribution in [1.82, 2.24) is 0 Å². The highest BCUT2D eigenvalue weighted by atomic mass is 16.3. The number of nitrogens with zero attached hydrogens (tertiary/aromatic N) is 1. The van der Waals surface area contributed by atoms with Gasteiger partial charge in [0.1, 0.15) is 5.76 Å². The summed E-state index contributed by atoms with van der Waals surface area (Å²) in [6, 6.07) is 28.7. The second kappa shape index (κ2) is 7.57. The SMILES string of the molecule is Cc1ccc(N(c2ccc(C)cc2)c2ccc(-c3ccc(C=O)o3)cc2)cc1. The van der Waals surface area contributed by atoms with Crippen LogP contribution in [0, 0.1) is 13.8 Å². The minimum atomic E-state index is 0.333. The van der Waals surface area contributed by atoms with Gasteiger partial charge in [0.2, 0.25) is 0 Å². The molecule has 3 aromatic carbocycles. The number of carbonyl (C=O) groups excluding carboxylic acids is 1. The molecule has 0 aliphatic heterocycles. The van der Waals surface area contributed by atoms with Gasteiger partial charge in [-0.15, -0.1) is 0 Å². The van der Waals surface area contributed by atoms with Crippen molar-refractivity contribution in [2.24, 2.45) is 0 Å². The van der Waals surface area contributed by atoms with Crippen LogP contribution in [0.5, 0.6) is 0 Å². The molecule has 0 aliphatic carbocycles. The van der Waals surface area contributed by atoms with Crippen LogP contribution < -0.4 is 4.90 Å². The fraction of sp³-hybridized carbons (Fsp3) is 0.0800. The summed E-state index contributed by atoms with van der Waals surface area (Å²) in [4.78, 5) is 13.1. The summed E-state index contributed by atoms with van der Waals surface area (Å²) >= 11 is 0. The standard InChI is InChI=1S/C25H21NO2/c1-18-3-9-21(10-4-18)26(22-11-5-19(2)6-12-22)23-13-7-20(8-14-23)25-16-15-24(17-27)28-25/h3-17H,1-2H3. The summed E-state index contributed by atoms with van der Waals surface area (Å²) in [6.07, 6.45) is 0.717. The molecule has 0 aliphatic rings. The summed E-state index contributed by atoms with van der Waals surface area (Å²) < 4.78 is 5.53. The van der Waals surface area contributed by atoms with Crippen molar-refractivity contribution in [3.05, 3.63) is 102 Å². The van der Waals surface area contributed by atoms with E-state index in [-0.39, 0.29) is 0 Å². The van der Waals surface area contributed by atoms with Crippen LogP contribution in [-0.2, 0) is 0 Å². The molecule has 0 bridgehead atoms. The molecule has 0 saturated heterocycles. The summed E-state index contributed by atoms with van der Waals surface area (Å²) in [5.41, 5.74) is 6.65. The smallest absolute Gasteiger partial charge is 0.185 e. The highest BCUT2D eigenvalue weighted by Crippen LogP contribution is 2.35. The van der Waals surface area contributed by atoms with E-state index in [1.165, 1.54) is 11.1 Å². The summed E-state index contributed by atoms with van der Waals surface area (Å²) in [7, 11) is 0. The summed E-state index contributed by atoms with van der Waals surface area (Å²) in [6.45, 7) is 4.18. The van der Waals surface area contributed by atoms with Crippen LogP contribution >= 0.6 is 0 Å². The Labute approximate surface area is 164 Å². The number of furan rings is 1. The van der Waals surface area contributed by atoms with Crippen molar-refractivity contribution in [2.75, 3.05) is 4.90 Å². The zero-order valence-electron chi connectivity index (χ0n) is 15.9. The first-order valence-corrected chi connectivity index (χ1v) is 9.23. The van der Waals surface area contributed by atoms with Crippen LogP contribution in [0.15, 0.2) is 89.3 Å². The number of benzene rings is 3. The van der Waals surface area contributed by atoms with Crippen molar-refractivity contribution < 1.29 is 9.21 Å². The molecule has 138 valence electrons. The zero-order chi connectivity index (χ0) is 19.5. The second-order valence-corrected chi connectivity index (χ2v) is 6.87. The Balaban J connectivity index is 1.74. The predicted molar refractivity (Wildman–Crippen MR) is 114 cm³/mol. The highest BCUT2D eigenvalue weighted by molar-refractivity contribution is 5.78. The topological polar surface area (TPSA) is 33.5 Å². The normalized spacial score (nSPS) is 10.6. The largest absolute Gasteiger partial charge is 0.453 e. The van der Waals surface area contributed by atoms with E-state index in [9.17, 15) is 4.79 Å². The quantitative estimate of drug-likeness (QED) is 0.362. The monoisotopic (exact) mass is 367 g/mol. The highest BCUT2D eigenvalue weighted by Gasteiger charge is 2.13. The number of hydrogen-bond donors (Lipinski definition) is 0. The molecule has 0 amide bonds. The van der Waals surface area contributed by atoms with Crippen molar-refractivity contribution >= 4 is 23.3 Å². The second-order valence-electron chi connectivity index (χ2n) is 6.87. The molecule has 3 nitrogen and oxygen atoms in total. The zero-order valence-corrected chi connectivity index (χ0v) is 15.9. The van der Waals surface area contributed by atoms with Gasteiger partial charge in [0.05, 0.1) is 0 Å². The molecule has 4 rings (SSSR count). The molecule has 4 aromatic rings. The van der Waals surface area contributed by atoms with E-state index in [4.69, 9.17) is 4.42 Å². The molecule has 0 saturated carbocycles. The molecule has 0 N–H and O–H groups in total. The Bertz CT molecular complexity index is 1030. The average molecular weight is 367 g/mol. The number of anilines is 3. The lowest BCUT2D eigenvalue weighted by atomic mass is 10.1. The molecular formula is C25H21NO2. The van der Waals surface area contributed by atoms with Crippen LogP contribution in [0.2, 0.25) is 0 Å². The number of rotatable bonds is 5. The van der Waals surface area contributed by atoms with Gasteiger partial charge in [-0.2, -0.15) is 0 Å². The molecule has 28 heavy (non-hydrogen) atoms. The van der Waals surface area contributed by atoms with Gasteiger partial charge in [0.25, 0.3) is 0 Å². The van der Waals surface area contributed by atoms with Gasteiger partial charge in [-0.05, 0) is 74.5 Å². The summed E-state index contributed by atoms with van der Waals surface area (Å²) in [5, 5.41) is 0. The Hall–Kier alpha value is -3.59. The third kappa shape index (κ3) is 3.60. The van der Waals surface area contributed by atoms with Gasteiger partial charge < -0.3 is 9.32 Å². The van der Waals surface area contributed by atoms with E-state index in [1.807, 2.05) is 18.2 Å². The molecule has 1 aromatic heterocycles. The number of aryl methyl sites for hydroxylation is 2. The predicted octanol–water partition coefficient (Wildman–Crippen LogP) is 6.85.